The van der Waals surface area contributed by atoms with Crippen molar-refractivity contribution in [3.8, 4) is 11.1 Å². The molecule has 1 aromatic carbocycles. The maximum atomic E-state index is 12.5. The summed E-state index contributed by atoms with van der Waals surface area (Å²) in [6.45, 7) is 6.29. The van der Waals surface area contributed by atoms with E-state index in [2.05, 4.69) is 17.1 Å². The Kier molecular flexibility index (Phi) is 6.64. The quantitative estimate of drug-likeness (QED) is 0.782. The number of benzene rings is 1. The SMILES string of the molecule is CCC(=O)N1[C@H](CN(CC)C(C)=O)[C@@H](c2ccc(-c3cccnc3)cc2)[C@@H]1CO. The van der Waals surface area contributed by atoms with Gasteiger partial charge in [0.15, 0.2) is 0 Å². The average Bonchev–Trinajstić information content (AvgIpc) is 2.74. The fourth-order valence-corrected chi connectivity index (χ4v) is 4.28. The van der Waals surface area contributed by atoms with Gasteiger partial charge < -0.3 is 14.9 Å². The number of rotatable bonds is 7. The first-order valence-electron chi connectivity index (χ1n) is 10.2. The van der Waals surface area contributed by atoms with Gasteiger partial charge in [0.05, 0.1) is 18.7 Å². The number of carbonyl (C=O) groups excluding carboxylic acids is 2. The Balaban J connectivity index is 1.89. The molecule has 2 heterocycles. The van der Waals surface area contributed by atoms with E-state index in [9.17, 15) is 14.7 Å². The summed E-state index contributed by atoms with van der Waals surface area (Å²) in [6, 6.07) is 11.7. The molecule has 1 aliphatic rings. The van der Waals surface area contributed by atoms with E-state index in [1.165, 1.54) is 0 Å². The van der Waals surface area contributed by atoms with Crippen molar-refractivity contribution in [2.45, 2.75) is 45.2 Å². The lowest BCUT2D eigenvalue weighted by molar-refractivity contribution is -0.154. The first kappa shape index (κ1) is 21.0. The van der Waals surface area contributed by atoms with E-state index in [-0.39, 0.29) is 36.4 Å². The van der Waals surface area contributed by atoms with E-state index in [0.29, 0.717) is 19.5 Å². The maximum Gasteiger partial charge on any atom is 0.222 e. The van der Waals surface area contributed by atoms with Crippen LogP contribution in [0.25, 0.3) is 11.1 Å². The molecule has 1 N–H and O–H groups in total. The highest BCUT2D eigenvalue weighted by Crippen LogP contribution is 2.42. The lowest BCUT2D eigenvalue weighted by atomic mass is 9.74. The first-order valence-corrected chi connectivity index (χ1v) is 10.2. The summed E-state index contributed by atoms with van der Waals surface area (Å²) in [5, 5.41) is 10.0. The van der Waals surface area contributed by atoms with Gasteiger partial charge in [0, 0.05) is 44.7 Å². The number of aliphatic hydroxyl groups is 1. The Hall–Kier alpha value is -2.73. The smallest absolute Gasteiger partial charge is 0.222 e. The second-order valence-electron chi connectivity index (χ2n) is 7.42. The molecule has 6 heteroatoms. The fraction of sp³-hybridized carbons (Fsp3) is 0.435. The Morgan fingerprint density at radius 3 is 2.34 bits per heavy atom. The first-order chi connectivity index (χ1) is 14.0. The van der Waals surface area contributed by atoms with Crippen molar-refractivity contribution in [1.82, 2.24) is 14.8 Å². The van der Waals surface area contributed by atoms with Gasteiger partial charge in [0.2, 0.25) is 11.8 Å². The van der Waals surface area contributed by atoms with E-state index in [1.54, 1.807) is 22.9 Å². The number of aromatic nitrogens is 1. The molecule has 3 atom stereocenters. The molecular weight excluding hydrogens is 366 g/mol. The second kappa shape index (κ2) is 9.18. The van der Waals surface area contributed by atoms with Crippen LogP contribution in [0.5, 0.6) is 0 Å². The molecule has 1 fully saturated rings. The molecule has 0 spiro atoms. The maximum absolute atomic E-state index is 12.5. The van der Waals surface area contributed by atoms with Crippen LogP contribution in [0.15, 0.2) is 48.8 Å². The van der Waals surface area contributed by atoms with Gasteiger partial charge in [-0.05, 0) is 29.7 Å². The molecule has 29 heavy (non-hydrogen) atoms. The molecule has 0 saturated carbocycles. The van der Waals surface area contributed by atoms with Crippen molar-refractivity contribution < 1.29 is 14.7 Å². The van der Waals surface area contributed by atoms with Crippen LogP contribution in [0, 0.1) is 0 Å². The lowest BCUT2D eigenvalue weighted by Crippen LogP contribution is -2.68. The highest BCUT2D eigenvalue weighted by atomic mass is 16.3. The largest absolute Gasteiger partial charge is 0.394 e. The van der Waals surface area contributed by atoms with Gasteiger partial charge in [-0.1, -0.05) is 37.3 Å². The second-order valence-corrected chi connectivity index (χ2v) is 7.42. The zero-order valence-corrected chi connectivity index (χ0v) is 17.3. The molecule has 2 aromatic rings. The molecule has 0 bridgehead atoms. The van der Waals surface area contributed by atoms with E-state index < -0.39 is 0 Å². The van der Waals surface area contributed by atoms with Crippen LogP contribution in [-0.4, -0.2) is 63.5 Å². The van der Waals surface area contributed by atoms with Gasteiger partial charge in [0.25, 0.3) is 0 Å². The highest BCUT2D eigenvalue weighted by molar-refractivity contribution is 5.79. The minimum atomic E-state index is -0.262. The van der Waals surface area contributed by atoms with Crippen LogP contribution in [0.1, 0.15) is 38.7 Å². The summed E-state index contributed by atoms with van der Waals surface area (Å²) in [5.74, 6) is -0.00162. The van der Waals surface area contributed by atoms with Crippen molar-refractivity contribution in [3.63, 3.8) is 0 Å². The summed E-state index contributed by atoms with van der Waals surface area (Å²) < 4.78 is 0. The number of aliphatic hydroxyl groups excluding tert-OH is 1. The number of hydrogen-bond donors (Lipinski definition) is 1. The number of likely N-dealkylation sites (N-methyl/N-ethyl adjacent to an activating group) is 1. The predicted molar refractivity (Wildman–Crippen MR) is 112 cm³/mol. The number of amides is 2. The van der Waals surface area contributed by atoms with Crippen molar-refractivity contribution >= 4 is 11.8 Å². The minimum absolute atomic E-state index is 0.00507. The van der Waals surface area contributed by atoms with Crippen LogP contribution in [0.4, 0.5) is 0 Å². The monoisotopic (exact) mass is 395 g/mol. The van der Waals surface area contributed by atoms with Crippen molar-refractivity contribution in [1.29, 1.82) is 0 Å². The van der Waals surface area contributed by atoms with Crippen LogP contribution in [0.2, 0.25) is 0 Å². The van der Waals surface area contributed by atoms with Crippen LogP contribution in [-0.2, 0) is 9.59 Å². The Bertz CT molecular complexity index is 838. The molecule has 6 nitrogen and oxygen atoms in total. The lowest BCUT2D eigenvalue weighted by Gasteiger charge is -2.56. The zero-order chi connectivity index (χ0) is 21.0. The summed E-state index contributed by atoms with van der Waals surface area (Å²) in [5.41, 5.74) is 3.18. The molecule has 1 aliphatic heterocycles. The van der Waals surface area contributed by atoms with Gasteiger partial charge in [-0.25, -0.2) is 0 Å². The highest BCUT2D eigenvalue weighted by Gasteiger charge is 2.51. The molecule has 1 aromatic heterocycles. The van der Waals surface area contributed by atoms with Crippen molar-refractivity contribution in [2.75, 3.05) is 19.7 Å². The van der Waals surface area contributed by atoms with Gasteiger partial charge in [-0.15, -0.1) is 0 Å². The normalized spacial score (nSPS) is 20.8. The summed E-state index contributed by atoms with van der Waals surface area (Å²) in [7, 11) is 0. The van der Waals surface area contributed by atoms with Crippen LogP contribution >= 0.6 is 0 Å². The minimum Gasteiger partial charge on any atom is -0.394 e. The molecule has 154 valence electrons. The van der Waals surface area contributed by atoms with Gasteiger partial charge in [-0.3, -0.25) is 14.6 Å². The van der Waals surface area contributed by atoms with Gasteiger partial charge in [-0.2, -0.15) is 0 Å². The Labute approximate surface area is 172 Å². The molecule has 0 radical (unpaired) electrons. The van der Waals surface area contributed by atoms with Crippen LogP contribution < -0.4 is 0 Å². The number of hydrogen-bond acceptors (Lipinski definition) is 4. The third-order valence-corrected chi connectivity index (χ3v) is 5.85. The molecule has 1 saturated heterocycles. The summed E-state index contributed by atoms with van der Waals surface area (Å²) in [6.07, 6.45) is 3.95. The average molecular weight is 396 g/mol. The van der Waals surface area contributed by atoms with Gasteiger partial charge in [0.1, 0.15) is 0 Å². The molecular formula is C23H29N3O3. The van der Waals surface area contributed by atoms with Crippen molar-refractivity contribution in [3.05, 3.63) is 54.4 Å². The van der Waals surface area contributed by atoms with E-state index >= 15 is 0 Å². The van der Waals surface area contributed by atoms with Crippen LogP contribution in [0.3, 0.4) is 0 Å². The third kappa shape index (κ3) is 4.17. The third-order valence-electron chi connectivity index (χ3n) is 5.85. The molecule has 2 amide bonds. The Morgan fingerprint density at radius 1 is 1.10 bits per heavy atom. The zero-order valence-electron chi connectivity index (χ0n) is 17.3. The number of nitrogens with zero attached hydrogens (tertiary/aromatic N) is 3. The van der Waals surface area contributed by atoms with Gasteiger partial charge >= 0.3 is 0 Å². The predicted octanol–water partition coefficient (Wildman–Crippen LogP) is 2.68. The number of likely N-dealkylation sites (tertiary alicyclic amines) is 1. The number of carbonyl (C=O) groups is 2. The summed E-state index contributed by atoms with van der Waals surface area (Å²) in [4.78, 5) is 32.2. The molecule has 3 rings (SSSR count). The molecule has 0 aliphatic carbocycles. The number of pyridine rings is 1. The molecule has 0 unspecified atom stereocenters. The Morgan fingerprint density at radius 2 is 1.83 bits per heavy atom. The van der Waals surface area contributed by atoms with Crippen molar-refractivity contribution in [2.24, 2.45) is 0 Å². The van der Waals surface area contributed by atoms with E-state index in [0.717, 1.165) is 16.7 Å². The topological polar surface area (TPSA) is 73.7 Å². The standard InChI is InChI=1S/C23H29N3O3/c1-4-22(29)26-20(14-25(5-2)16(3)28)23(21(26)15-27)18-10-8-17(9-11-18)19-7-6-12-24-13-19/h6-13,20-21,23,27H,4-5,14-15H2,1-3H3/t20-,21+,23-/m1/s1. The summed E-state index contributed by atoms with van der Waals surface area (Å²) >= 11 is 0. The van der Waals surface area contributed by atoms with E-state index in [4.69, 9.17) is 0 Å². The van der Waals surface area contributed by atoms with E-state index in [1.807, 2.05) is 44.3 Å². The fourth-order valence-electron chi connectivity index (χ4n) is 4.28.